The van der Waals surface area contributed by atoms with Crippen LogP contribution in [0.2, 0.25) is 0 Å². The summed E-state index contributed by atoms with van der Waals surface area (Å²) in [5.41, 5.74) is 2.15. The lowest BCUT2D eigenvalue weighted by Gasteiger charge is -2.46. The van der Waals surface area contributed by atoms with Crippen LogP contribution in [0.25, 0.3) is 10.8 Å². The van der Waals surface area contributed by atoms with E-state index in [1.807, 2.05) is 42.5 Å². The molecule has 2 saturated heterocycles. The zero-order valence-electron chi connectivity index (χ0n) is 25.3. The van der Waals surface area contributed by atoms with Crippen molar-refractivity contribution in [2.24, 2.45) is 0 Å². The maximum atomic E-state index is 14.2. The van der Waals surface area contributed by atoms with Gasteiger partial charge in [-0.25, -0.2) is 14.2 Å². The molecule has 2 aliphatic heterocycles. The normalized spacial score (nSPS) is 17.8. The summed E-state index contributed by atoms with van der Waals surface area (Å²) in [6, 6.07) is 23.9. The van der Waals surface area contributed by atoms with Gasteiger partial charge in [0.25, 0.3) is 5.69 Å². The van der Waals surface area contributed by atoms with Crippen LogP contribution in [0.3, 0.4) is 0 Å². The minimum Gasteiger partial charge on any atom is -0.333 e. The van der Waals surface area contributed by atoms with Gasteiger partial charge in [0, 0.05) is 31.6 Å². The quantitative estimate of drug-likeness (QED) is 0.169. The average Bonchev–Trinajstić information content (AvgIpc) is 3.40. The van der Waals surface area contributed by atoms with Crippen molar-refractivity contribution in [1.82, 2.24) is 25.1 Å². The third-order valence-electron chi connectivity index (χ3n) is 8.53. The summed E-state index contributed by atoms with van der Waals surface area (Å²) in [4.78, 5) is 55.3. The number of amides is 4. The smallest absolute Gasteiger partial charge is 0.333 e. The number of halogens is 1. The topological polar surface area (TPSA) is 119 Å². The van der Waals surface area contributed by atoms with Gasteiger partial charge in [0.05, 0.1) is 24.6 Å². The highest BCUT2D eigenvalue weighted by atomic mass is 19.1. The molecule has 4 aromatic rings. The molecule has 6 rings (SSSR count). The van der Waals surface area contributed by atoms with Crippen molar-refractivity contribution in [2.75, 3.05) is 19.6 Å². The number of nitro groups is 1. The Hall–Kier alpha value is -5.80. The molecule has 0 unspecified atom stereocenters. The average molecular weight is 635 g/mol. The lowest BCUT2D eigenvalue weighted by atomic mass is 9.99. The molecule has 4 aromatic carbocycles. The van der Waals surface area contributed by atoms with Gasteiger partial charge in [-0.1, -0.05) is 72.7 Å². The Morgan fingerprint density at radius 3 is 2.43 bits per heavy atom. The molecule has 0 aromatic heterocycles. The molecule has 2 heterocycles. The maximum Gasteiger partial charge on any atom is 0.333 e. The molecule has 11 nitrogen and oxygen atoms in total. The molecule has 2 aliphatic rings. The minimum atomic E-state index is -0.933. The third-order valence-corrected chi connectivity index (χ3v) is 8.53. The van der Waals surface area contributed by atoms with Crippen molar-refractivity contribution in [3.05, 3.63) is 124 Å². The Balaban J connectivity index is 1.31. The van der Waals surface area contributed by atoms with Crippen LogP contribution in [0.1, 0.15) is 16.7 Å². The van der Waals surface area contributed by atoms with Gasteiger partial charge in [-0.2, -0.15) is 5.01 Å². The molecule has 1 N–H and O–H groups in total. The van der Waals surface area contributed by atoms with Crippen LogP contribution in [-0.2, 0) is 29.1 Å². The van der Waals surface area contributed by atoms with Crippen LogP contribution < -0.4 is 5.32 Å². The van der Waals surface area contributed by atoms with Crippen LogP contribution >= 0.6 is 0 Å². The Bertz CT molecular complexity index is 1870. The Kier molecular flexibility index (Phi) is 8.81. The number of hydrogen-bond donors (Lipinski definition) is 1. The number of hydrogen-bond acceptors (Lipinski definition) is 6. The second-order valence-electron chi connectivity index (χ2n) is 11.4. The van der Waals surface area contributed by atoms with Gasteiger partial charge in [0.2, 0.25) is 11.8 Å². The molecule has 47 heavy (non-hydrogen) atoms. The van der Waals surface area contributed by atoms with Crippen molar-refractivity contribution in [3.8, 4) is 12.3 Å². The summed E-state index contributed by atoms with van der Waals surface area (Å²) < 4.78 is 13.4. The molecule has 12 heteroatoms. The number of nitro benzene ring substituents is 1. The number of non-ortho nitro benzene ring substituents is 1. The molecule has 2 fully saturated rings. The highest BCUT2D eigenvalue weighted by molar-refractivity contribution is 5.92. The van der Waals surface area contributed by atoms with Crippen LogP contribution in [0, 0.1) is 28.3 Å². The van der Waals surface area contributed by atoms with Gasteiger partial charge in [-0.05, 0) is 39.6 Å². The molecular formula is C35H31FN6O5. The Morgan fingerprint density at radius 2 is 1.70 bits per heavy atom. The van der Waals surface area contributed by atoms with Crippen molar-refractivity contribution >= 4 is 34.3 Å². The summed E-state index contributed by atoms with van der Waals surface area (Å²) >= 11 is 0. The molecular weight excluding hydrogens is 603 g/mol. The van der Waals surface area contributed by atoms with E-state index in [2.05, 4.69) is 11.2 Å². The third kappa shape index (κ3) is 6.47. The van der Waals surface area contributed by atoms with E-state index in [4.69, 9.17) is 6.42 Å². The fourth-order valence-electron chi connectivity index (χ4n) is 6.24. The maximum absolute atomic E-state index is 14.2. The van der Waals surface area contributed by atoms with Gasteiger partial charge in [0.15, 0.2) is 0 Å². The fraction of sp³-hybridized carbons (Fsp3) is 0.229. The highest BCUT2D eigenvalue weighted by Gasteiger charge is 2.52. The van der Waals surface area contributed by atoms with Crippen molar-refractivity contribution in [3.63, 3.8) is 0 Å². The number of nitrogens with one attached hydrogen (secondary N) is 1. The van der Waals surface area contributed by atoms with Gasteiger partial charge in [-0.3, -0.25) is 19.7 Å². The first-order valence-electron chi connectivity index (χ1n) is 15.0. The Labute approximate surface area is 270 Å². The molecule has 0 radical (unpaired) electrons. The van der Waals surface area contributed by atoms with Gasteiger partial charge in [0.1, 0.15) is 18.0 Å². The molecule has 0 aliphatic carbocycles. The van der Waals surface area contributed by atoms with Crippen LogP contribution in [0.4, 0.5) is 14.9 Å². The first-order valence-corrected chi connectivity index (χ1v) is 15.0. The lowest BCUT2D eigenvalue weighted by molar-refractivity contribution is -0.384. The minimum absolute atomic E-state index is 0.0841. The molecule has 238 valence electrons. The van der Waals surface area contributed by atoms with E-state index in [9.17, 15) is 28.9 Å². The summed E-state index contributed by atoms with van der Waals surface area (Å²) in [5, 5.41) is 18.9. The number of rotatable bonds is 9. The van der Waals surface area contributed by atoms with Gasteiger partial charge in [-0.15, -0.1) is 6.42 Å². The zero-order valence-corrected chi connectivity index (χ0v) is 25.3. The highest BCUT2D eigenvalue weighted by Crippen LogP contribution is 2.31. The van der Waals surface area contributed by atoms with E-state index >= 15 is 0 Å². The summed E-state index contributed by atoms with van der Waals surface area (Å²) in [7, 11) is 0. The van der Waals surface area contributed by atoms with Crippen LogP contribution in [-0.4, -0.2) is 74.4 Å². The summed E-state index contributed by atoms with van der Waals surface area (Å²) in [6.07, 6.45) is 5.07. The number of carbonyl (C=O) groups is 3. The number of urea groups is 1. The zero-order chi connectivity index (χ0) is 33.1. The monoisotopic (exact) mass is 634 g/mol. The predicted octanol–water partition coefficient (Wildman–Crippen LogP) is 4.07. The van der Waals surface area contributed by atoms with E-state index in [-0.39, 0.29) is 56.6 Å². The largest absolute Gasteiger partial charge is 0.333 e. The van der Waals surface area contributed by atoms with E-state index < -0.39 is 29.0 Å². The molecule has 0 bridgehead atoms. The lowest BCUT2D eigenvalue weighted by Crippen LogP contribution is -2.66. The number of fused-ring (bicyclic) bond motifs is 2. The van der Waals surface area contributed by atoms with Crippen LogP contribution in [0.5, 0.6) is 0 Å². The summed E-state index contributed by atoms with van der Waals surface area (Å²) in [6.45, 7) is 0.135. The number of piperazine rings is 1. The van der Waals surface area contributed by atoms with Crippen molar-refractivity contribution in [2.45, 2.75) is 31.7 Å². The van der Waals surface area contributed by atoms with Crippen molar-refractivity contribution < 1.29 is 23.7 Å². The molecule has 4 amide bonds. The van der Waals surface area contributed by atoms with E-state index in [0.29, 0.717) is 11.1 Å². The summed E-state index contributed by atoms with van der Waals surface area (Å²) in [5.74, 6) is 1.48. The fourth-order valence-corrected chi connectivity index (χ4v) is 6.24. The van der Waals surface area contributed by atoms with E-state index in [0.717, 1.165) is 16.3 Å². The van der Waals surface area contributed by atoms with Gasteiger partial charge >= 0.3 is 6.03 Å². The van der Waals surface area contributed by atoms with E-state index in [1.165, 1.54) is 34.2 Å². The number of benzene rings is 4. The standard InChI is InChI=1S/C35H31FN6O5/c1-2-18-39(35(45)37-20-25-10-14-28(36)15-11-25)40-23-33(43)41-31(19-24-12-16-29(17-13-24)42(46)47)34(44)38(22-32(40)41)21-27-8-5-7-26-6-3-4-9-30(26)27/h1,3-17,31-32H,18-23H2,(H,37,45)/t31-,32+/m0/s1. The van der Waals surface area contributed by atoms with Crippen LogP contribution in [0.15, 0.2) is 91.0 Å². The van der Waals surface area contributed by atoms with Gasteiger partial charge < -0.3 is 15.1 Å². The predicted molar refractivity (Wildman–Crippen MR) is 171 cm³/mol. The molecule has 0 saturated carbocycles. The number of nitrogens with zero attached hydrogens (tertiary/aromatic N) is 5. The molecule has 0 spiro atoms. The SMILES string of the molecule is C#CCN(C(=O)NCc1ccc(F)cc1)N1CC(=O)N2[C@@H](Cc3ccc([N+](=O)[O-])cc3)C(=O)N(Cc3cccc4ccccc34)C[C@@H]21. The number of hydrazine groups is 1. The van der Waals surface area contributed by atoms with E-state index in [1.54, 1.807) is 34.2 Å². The first kappa shape index (κ1) is 31.2. The Morgan fingerprint density at radius 1 is 1.00 bits per heavy atom. The molecule has 2 atom stereocenters. The number of carbonyl (C=O) groups excluding carboxylic acids is 3. The second-order valence-corrected chi connectivity index (χ2v) is 11.4. The van der Waals surface area contributed by atoms with Crippen molar-refractivity contribution in [1.29, 1.82) is 0 Å². The first-order chi connectivity index (χ1) is 22.7. The number of terminal acetylenes is 1. The second kappa shape index (κ2) is 13.3.